The largest absolute Gasteiger partial charge is 0.493 e. The first-order valence-corrected chi connectivity index (χ1v) is 9.88. The van der Waals surface area contributed by atoms with E-state index in [0.29, 0.717) is 37.1 Å². The monoisotopic (exact) mass is 442 g/mol. The first-order chi connectivity index (χ1) is 12.9. The number of likely N-dealkylation sites (N-methyl/N-ethyl adjacent to an activating group) is 2. The van der Waals surface area contributed by atoms with Gasteiger partial charge in [-0.2, -0.15) is 0 Å². The Morgan fingerprint density at radius 3 is 2.26 bits per heavy atom. The van der Waals surface area contributed by atoms with Crippen LogP contribution in [0.15, 0.2) is 21.6 Å². The van der Waals surface area contributed by atoms with Crippen molar-refractivity contribution in [2.24, 2.45) is 4.99 Å². The van der Waals surface area contributed by atoms with E-state index in [9.17, 15) is 4.79 Å². The van der Waals surface area contributed by atoms with Gasteiger partial charge >= 0.3 is 0 Å². The summed E-state index contributed by atoms with van der Waals surface area (Å²) in [5.41, 5.74) is 0.964. The number of hydrogen-bond acceptors (Lipinski definition) is 4. The van der Waals surface area contributed by atoms with E-state index >= 15 is 0 Å². The number of halogens is 1. The lowest BCUT2D eigenvalue weighted by molar-refractivity contribution is -0.131. The average molecular weight is 443 g/mol. The van der Waals surface area contributed by atoms with Gasteiger partial charge in [0.1, 0.15) is 0 Å². The van der Waals surface area contributed by atoms with Gasteiger partial charge in [0.05, 0.1) is 27.3 Å². The lowest BCUT2D eigenvalue weighted by Gasteiger charge is -2.25. The van der Waals surface area contributed by atoms with E-state index in [1.54, 1.807) is 14.2 Å². The first kappa shape index (κ1) is 23.1. The van der Waals surface area contributed by atoms with E-state index in [-0.39, 0.29) is 12.5 Å². The topological polar surface area (TPSA) is 66.4 Å². The maximum atomic E-state index is 12.4. The minimum Gasteiger partial charge on any atom is -0.493 e. The third-order valence-corrected chi connectivity index (χ3v) is 4.87. The van der Waals surface area contributed by atoms with E-state index in [1.807, 2.05) is 49.8 Å². The third-order valence-electron chi connectivity index (χ3n) is 4.14. The summed E-state index contributed by atoms with van der Waals surface area (Å²) in [6.07, 6.45) is 0. The van der Waals surface area contributed by atoms with Gasteiger partial charge in [0.15, 0.2) is 17.5 Å². The van der Waals surface area contributed by atoms with Crippen LogP contribution in [0, 0.1) is 0 Å². The van der Waals surface area contributed by atoms with Gasteiger partial charge in [-0.1, -0.05) is 15.9 Å². The molecular weight excluding hydrogens is 412 g/mol. The number of nitrogens with one attached hydrogen (secondary N) is 1. The predicted octanol–water partition coefficient (Wildman–Crippen LogP) is 2.73. The maximum Gasteiger partial charge on any atom is 0.242 e. The summed E-state index contributed by atoms with van der Waals surface area (Å²) in [6.45, 7) is 8.81. The summed E-state index contributed by atoms with van der Waals surface area (Å²) in [5, 5.41) is 3.24. The van der Waals surface area contributed by atoms with Gasteiger partial charge in [0.2, 0.25) is 5.91 Å². The van der Waals surface area contributed by atoms with E-state index in [2.05, 4.69) is 26.2 Å². The minimum atomic E-state index is 0.0837. The van der Waals surface area contributed by atoms with Gasteiger partial charge in [-0.15, -0.1) is 0 Å². The molecule has 0 fully saturated rings. The van der Waals surface area contributed by atoms with Gasteiger partial charge in [0.25, 0.3) is 0 Å². The standard InChI is InChI=1S/C19H31BrN4O3/c1-7-21-19(23(4)13-18(25)24(8-2)9-3)22-12-14-10-16(26-5)17(27-6)11-15(14)20/h10-11H,7-9,12-13H2,1-6H3,(H,21,22). The molecule has 1 rings (SSSR count). The molecule has 0 aliphatic carbocycles. The van der Waals surface area contributed by atoms with Gasteiger partial charge in [-0.05, 0) is 38.5 Å². The molecule has 0 unspecified atom stereocenters. The normalized spacial score (nSPS) is 11.1. The molecule has 0 spiro atoms. The minimum absolute atomic E-state index is 0.0837. The van der Waals surface area contributed by atoms with Gasteiger partial charge in [-0.3, -0.25) is 4.79 Å². The molecular formula is C19H31BrN4O3. The van der Waals surface area contributed by atoms with Crippen LogP contribution in [0.1, 0.15) is 26.3 Å². The number of amides is 1. The van der Waals surface area contributed by atoms with E-state index in [1.165, 1.54) is 0 Å². The summed E-state index contributed by atoms with van der Waals surface area (Å²) < 4.78 is 11.6. The Morgan fingerprint density at radius 2 is 1.74 bits per heavy atom. The van der Waals surface area contributed by atoms with E-state index in [4.69, 9.17) is 9.47 Å². The molecule has 0 heterocycles. The lowest BCUT2D eigenvalue weighted by Crippen LogP contribution is -2.45. The van der Waals surface area contributed by atoms with Crippen LogP contribution in [0.25, 0.3) is 0 Å². The van der Waals surface area contributed by atoms with Gasteiger partial charge < -0.3 is 24.6 Å². The Kier molecular flexibility index (Phi) is 9.99. The predicted molar refractivity (Wildman–Crippen MR) is 113 cm³/mol. The second kappa shape index (κ2) is 11.7. The van der Waals surface area contributed by atoms with E-state index < -0.39 is 0 Å². The number of carbonyl (C=O) groups excluding carboxylic acids is 1. The molecule has 0 aliphatic heterocycles. The number of rotatable bonds is 9. The number of nitrogens with zero attached hydrogens (tertiary/aromatic N) is 3. The Morgan fingerprint density at radius 1 is 1.15 bits per heavy atom. The van der Waals surface area contributed by atoms with Crippen molar-refractivity contribution in [3.63, 3.8) is 0 Å². The highest BCUT2D eigenvalue weighted by molar-refractivity contribution is 9.10. The van der Waals surface area contributed by atoms with Gasteiger partial charge in [0, 0.05) is 31.2 Å². The molecule has 27 heavy (non-hydrogen) atoms. The molecule has 8 heteroatoms. The van der Waals surface area contributed by atoms with Crippen LogP contribution in [0.5, 0.6) is 11.5 Å². The number of aliphatic imine (C=N–C) groups is 1. The summed E-state index contributed by atoms with van der Waals surface area (Å²) in [7, 11) is 5.08. The molecule has 0 bridgehead atoms. The van der Waals surface area contributed by atoms with Crippen molar-refractivity contribution in [1.82, 2.24) is 15.1 Å². The fourth-order valence-corrected chi connectivity index (χ4v) is 3.05. The lowest BCUT2D eigenvalue weighted by atomic mass is 10.2. The molecule has 0 saturated carbocycles. The number of benzene rings is 1. The van der Waals surface area contributed by atoms with Crippen molar-refractivity contribution in [2.45, 2.75) is 27.3 Å². The van der Waals surface area contributed by atoms with Crippen molar-refractivity contribution in [1.29, 1.82) is 0 Å². The third kappa shape index (κ3) is 6.61. The average Bonchev–Trinajstić information content (AvgIpc) is 2.66. The maximum absolute atomic E-state index is 12.4. The fraction of sp³-hybridized carbons (Fsp3) is 0.579. The van der Waals surface area contributed by atoms with Crippen molar-refractivity contribution < 1.29 is 14.3 Å². The molecule has 1 N–H and O–H groups in total. The van der Waals surface area contributed by atoms with Crippen LogP contribution in [0.3, 0.4) is 0 Å². The number of guanidine groups is 1. The highest BCUT2D eigenvalue weighted by Gasteiger charge is 2.15. The summed E-state index contributed by atoms with van der Waals surface area (Å²) in [5.74, 6) is 2.08. The molecule has 7 nitrogen and oxygen atoms in total. The van der Waals surface area contributed by atoms with Crippen LogP contribution in [-0.4, -0.2) is 69.1 Å². The Bertz CT molecular complexity index is 648. The molecule has 1 aromatic carbocycles. The number of carbonyl (C=O) groups is 1. The molecule has 0 aliphatic rings. The molecule has 1 amide bonds. The van der Waals surface area contributed by atoms with Crippen molar-refractivity contribution in [3.8, 4) is 11.5 Å². The first-order valence-electron chi connectivity index (χ1n) is 9.09. The Labute approximate surface area is 170 Å². The molecule has 0 atom stereocenters. The van der Waals surface area contributed by atoms with Gasteiger partial charge in [-0.25, -0.2) is 4.99 Å². The zero-order chi connectivity index (χ0) is 20.4. The number of methoxy groups -OCH3 is 2. The fourth-order valence-electron chi connectivity index (χ4n) is 2.60. The molecule has 0 radical (unpaired) electrons. The van der Waals surface area contributed by atoms with Crippen molar-refractivity contribution in [3.05, 3.63) is 22.2 Å². The molecule has 0 aromatic heterocycles. The SMILES string of the molecule is CCNC(=NCc1cc(OC)c(OC)cc1Br)N(C)CC(=O)N(CC)CC. The zero-order valence-corrected chi connectivity index (χ0v) is 18.7. The summed E-state index contributed by atoms with van der Waals surface area (Å²) in [4.78, 5) is 20.7. The van der Waals surface area contributed by atoms with Crippen LogP contribution in [-0.2, 0) is 11.3 Å². The van der Waals surface area contributed by atoms with Crippen LogP contribution < -0.4 is 14.8 Å². The second-order valence-corrected chi connectivity index (χ2v) is 6.75. The van der Waals surface area contributed by atoms with Crippen LogP contribution in [0.4, 0.5) is 0 Å². The smallest absolute Gasteiger partial charge is 0.242 e. The van der Waals surface area contributed by atoms with E-state index in [0.717, 1.165) is 16.6 Å². The van der Waals surface area contributed by atoms with Crippen LogP contribution in [0.2, 0.25) is 0 Å². The number of ether oxygens (including phenoxy) is 2. The zero-order valence-electron chi connectivity index (χ0n) is 17.1. The highest BCUT2D eigenvalue weighted by Crippen LogP contribution is 2.33. The Hall–Kier alpha value is -1.96. The molecule has 0 saturated heterocycles. The summed E-state index contributed by atoms with van der Waals surface area (Å²) in [6, 6.07) is 3.77. The number of hydrogen-bond donors (Lipinski definition) is 1. The van der Waals surface area contributed by atoms with Crippen molar-refractivity contribution >= 4 is 27.8 Å². The van der Waals surface area contributed by atoms with Crippen molar-refractivity contribution in [2.75, 3.05) is 47.4 Å². The Balaban J connectivity index is 2.97. The quantitative estimate of drug-likeness (QED) is 0.470. The van der Waals surface area contributed by atoms with Crippen LogP contribution >= 0.6 is 15.9 Å². The highest BCUT2D eigenvalue weighted by atomic mass is 79.9. The summed E-state index contributed by atoms with van der Waals surface area (Å²) >= 11 is 3.56. The molecule has 152 valence electrons. The second-order valence-electron chi connectivity index (χ2n) is 5.89. The molecule has 1 aromatic rings.